The van der Waals surface area contributed by atoms with Gasteiger partial charge in [-0.15, -0.1) is 0 Å². The van der Waals surface area contributed by atoms with Crippen LogP contribution in [0.25, 0.3) is 11.6 Å². The molecule has 0 radical (unpaired) electrons. The van der Waals surface area contributed by atoms with Crippen LogP contribution in [0.15, 0.2) is 67.1 Å². The number of aromatic nitrogens is 2. The van der Waals surface area contributed by atoms with Crippen molar-refractivity contribution in [2.45, 2.75) is 6.61 Å². The Bertz CT molecular complexity index is 919. The lowest BCUT2D eigenvalue weighted by atomic mass is 10.1. The average molecular weight is 348 g/mol. The van der Waals surface area contributed by atoms with Crippen LogP contribution in [0, 0.1) is 11.3 Å². The van der Waals surface area contributed by atoms with Crippen molar-refractivity contribution in [3.8, 4) is 11.8 Å². The fourth-order valence-corrected chi connectivity index (χ4v) is 2.43. The van der Waals surface area contributed by atoms with Crippen LogP contribution in [0.4, 0.5) is 0 Å². The molecule has 0 amide bonds. The summed E-state index contributed by atoms with van der Waals surface area (Å²) in [5, 5.41) is 10.0. The molecular formula is C20H14ClN3O. The van der Waals surface area contributed by atoms with Crippen molar-refractivity contribution in [1.82, 2.24) is 9.97 Å². The van der Waals surface area contributed by atoms with Gasteiger partial charge in [0.15, 0.2) is 0 Å². The maximum atomic E-state index is 9.47. The van der Waals surface area contributed by atoms with Crippen molar-refractivity contribution >= 4 is 23.3 Å². The summed E-state index contributed by atoms with van der Waals surface area (Å²) in [7, 11) is 0. The Kier molecular flexibility index (Phi) is 5.40. The van der Waals surface area contributed by atoms with Gasteiger partial charge < -0.3 is 4.74 Å². The Morgan fingerprint density at radius 1 is 1.16 bits per heavy atom. The van der Waals surface area contributed by atoms with Gasteiger partial charge in [0.25, 0.3) is 0 Å². The first kappa shape index (κ1) is 16.7. The van der Waals surface area contributed by atoms with E-state index in [9.17, 15) is 5.26 Å². The Morgan fingerprint density at radius 3 is 2.80 bits per heavy atom. The van der Waals surface area contributed by atoms with Gasteiger partial charge in [0.05, 0.1) is 11.3 Å². The normalized spacial score (nSPS) is 11.0. The van der Waals surface area contributed by atoms with Crippen LogP contribution in [-0.4, -0.2) is 9.97 Å². The summed E-state index contributed by atoms with van der Waals surface area (Å²) in [5.41, 5.74) is 2.72. The summed E-state index contributed by atoms with van der Waals surface area (Å²) in [4.78, 5) is 8.29. The zero-order chi connectivity index (χ0) is 17.5. The molecule has 0 aliphatic carbocycles. The van der Waals surface area contributed by atoms with Crippen molar-refractivity contribution < 1.29 is 4.74 Å². The molecule has 122 valence electrons. The number of rotatable bonds is 5. The quantitative estimate of drug-likeness (QED) is 0.623. The van der Waals surface area contributed by atoms with E-state index in [0.717, 1.165) is 11.1 Å². The molecule has 2 heterocycles. The largest absolute Gasteiger partial charge is 0.488 e. The molecule has 3 rings (SSSR count). The van der Waals surface area contributed by atoms with E-state index in [2.05, 4.69) is 16.0 Å². The van der Waals surface area contributed by atoms with Gasteiger partial charge in [-0.1, -0.05) is 23.7 Å². The smallest absolute Gasteiger partial charge is 0.127 e. The Morgan fingerprint density at radius 2 is 2.08 bits per heavy atom. The standard InChI is InChI=1S/C20H14ClN3O/c21-18-6-7-20(25-14-15-4-3-8-23-13-15)16(11-18)10-17(12-22)19-5-1-2-9-24-19/h1-11,13H,14H2/b17-10+. The van der Waals surface area contributed by atoms with Gasteiger partial charge in [0.1, 0.15) is 18.4 Å². The van der Waals surface area contributed by atoms with Crippen LogP contribution in [-0.2, 0) is 6.61 Å². The summed E-state index contributed by atoms with van der Waals surface area (Å²) in [6.07, 6.45) is 6.84. The van der Waals surface area contributed by atoms with E-state index in [0.29, 0.717) is 28.6 Å². The van der Waals surface area contributed by atoms with E-state index >= 15 is 0 Å². The van der Waals surface area contributed by atoms with Crippen molar-refractivity contribution in [1.29, 1.82) is 5.26 Å². The molecule has 0 saturated heterocycles. The fourth-order valence-electron chi connectivity index (χ4n) is 2.25. The van der Waals surface area contributed by atoms with Gasteiger partial charge in [-0.25, -0.2) is 0 Å². The van der Waals surface area contributed by atoms with Crippen LogP contribution in [0.2, 0.25) is 5.02 Å². The third-order valence-corrected chi connectivity index (χ3v) is 3.69. The predicted molar refractivity (Wildman–Crippen MR) is 97.7 cm³/mol. The lowest BCUT2D eigenvalue weighted by molar-refractivity contribution is 0.305. The number of benzene rings is 1. The van der Waals surface area contributed by atoms with Crippen LogP contribution >= 0.6 is 11.6 Å². The molecule has 0 aliphatic rings. The Labute approximate surface area is 151 Å². The van der Waals surface area contributed by atoms with Gasteiger partial charge in [-0.3, -0.25) is 9.97 Å². The Balaban J connectivity index is 1.91. The number of nitrogens with zero attached hydrogens (tertiary/aromatic N) is 3. The van der Waals surface area contributed by atoms with E-state index < -0.39 is 0 Å². The van der Waals surface area contributed by atoms with Crippen molar-refractivity contribution in [3.63, 3.8) is 0 Å². The number of hydrogen-bond donors (Lipinski definition) is 0. The number of allylic oxidation sites excluding steroid dienone is 1. The number of ether oxygens (including phenoxy) is 1. The zero-order valence-electron chi connectivity index (χ0n) is 13.3. The number of hydrogen-bond acceptors (Lipinski definition) is 4. The molecule has 0 fully saturated rings. The van der Waals surface area contributed by atoms with E-state index in [-0.39, 0.29) is 0 Å². The van der Waals surface area contributed by atoms with Crippen molar-refractivity contribution in [2.24, 2.45) is 0 Å². The van der Waals surface area contributed by atoms with Crippen molar-refractivity contribution in [3.05, 3.63) is 89.0 Å². The third-order valence-electron chi connectivity index (χ3n) is 3.45. The maximum absolute atomic E-state index is 9.47. The van der Waals surface area contributed by atoms with Gasteiger partial charge in [-0.05, 0) is 42.5 Å². The Hall–Kier alpha value is -3.16. The first-order chi connectivity index (χ1) is 12.3. The molecule has 0 spiro atoms. The minimum absolute atomic E-state index is 0.377. The second-order valence-electron chi connectivity index (χ2n) is 5.22. The third kappa shape index (κ3) is 4.43. The highest BCUT2D eigenvalue weighted by Gasteiger charge is 2.08. The summed E-state index contributed by atoms with van der Waals surface area (Å²) >= 11 is 6.11. The van der Waals surface area contributed by atoms with Crippen LogP contribution in [0.3, 0.4) is 0 Å². The molecule has 5 heteroatoms. The second kappa shape index (κ2) is 8.09. The van der Waals surface area contributed by atoms with Crippen molar-refractivity contribution in [2.75, 3.05) is 0 Å². The number of halogens is 1. The van der Waals surface area contributed by atoms with E-state index in [1.54, 1.807) is 55.0 Å². The van der Waals surface area contributed by atoms with Gasteiger partial charge >= 0.3 is 0 Å². The molecule has 0 unspecified atom stereocenters. The number of pyridine rings is 2. The molecule has 2 aromatic heterocycles. The van der Waals surface area contributed by atoms with Gasteiger partial charge in [0, 0.05) is 34.7 Å². The summed E-state index contributed by atoms with van der Waals surface area (Å²) < 4.78 is 5.89. The predicted octanol–water partition coefficient (Wildman–Crippen LogP) is 4.77. The van der Waals surface area contributed by atoms with E-state index in [4.69, 9.17) is 16.3 Å². The average Bonchev–Trinajstić information content (AvgIpc) is 2.67. The summed E-state index contributed by atoms with van der Waals surface area (Å²) in [6.45, 7) is 0.377. The monoisotopic (exact) mass is 347 g/mol. The SMILES string of the molecule is N#C/C(=C\c1cc(Cl)ccc1OCc1cccnc1)c1ccccn1. The second-order valence-corrected chi connectivity index (χ2v) is 5.65. The highest BCUT2D eigenvalue weighted by molar-refractivity contribution is 6.30. The highest BCUT2D eigenvalue weighted by atomic mass is 35.5. The van der Waals surface area contributed by atoms with E-state index in [1.807, 2.05) is 18.2 Å². The molecule has 4 nitrogen and oxygen atoms in total. The summed E-state index contributed by atoms with van der Waals surface area (Å²) in [5.74, 6) is 0.636. The lowest BCUT2D eigenvalue weighted by Gasteiger charge is -2.10. The topological polar surface area (TPSA) is 58.8 Å². The molecule has 3 aromatic rings. The molecule has 0 atom stereocenters. The molecule has 0 saturated carbocycles. The van der Waals surface area contributed by atoms with Crippen LogP contribution < -0.4 is 4.74 Å². The first-order valence-corrected chi connectivity index (χ1v) is 7.98. The molecule has 0 N–H and O–H groups in total. The van der Waals surface area contributed by atoms with Crippen LogP contribution in [0.1, 0.15) is 16.8 Å². The minimum Gasteiger partial charge on any atom is -0.488 e. The first-order valence-electron chi connectivity index (χ1n) is 7.61. The van der Waals surface area contributed by atoms with Gasteiger partial charge in [-0.2, -0.15) is 5.26 Å². The zero-order valence-corrected chi connectivity index (χ0v) is 14.0. The van der Waals surface area contributed by atoms with Gasteiger partial charge in [0.2, 0.25) is 0 Å². The highest BCUT2D eigenvalue weighted by Crippen LogP contribution is 2.27. The molecule has 0 aliphatic heterocycles. The number of nitriles is 1. The molecule has 0 bridgehead atoms. The van der Waals surface area contributed by atoms with Crippen LogP contribution in [0.5, 0.6) is 5.75 Å². The minimum atomic E-state index is 0.377. The maximum Gasteiger partial charge on any atom is 0.127 e. The lowest BCUT2D eigenvalue weighted by Crippen LogP contribution is -1.97. The molecule has 1 aromatic carbocycles. The fraction of sp³-hybridized carbons (Fsp3) is 0.0500. The molecule has 25 heavy (non-hydrogen) atoms. The molecular weight excluding hydrogens is 334 g/mol. The van der Waals surface area contributed by atoms with E-state index in [1.165, 1.54) is 0 Å². The summed E-state index contributed by atoms with van der Waals surface area (Å²) in [6, 6.07) is 16.7.